The third-order valence-electron chi connectivity index (χ3n) is 4.31. The molecule has 0 radical (unpaired) electrons. The van der Waals surface area contributed by atoms with Crippen LogP contribution in [0.5, 0.6) is 5.75 Å². The minimum absolute atomic E-state index is 0.213. The van der Waals surface area contributed by atoms with Gasteiger partial charge in [0.05, 0.1) is 12.9 Å². The quantitative estimate of drug-likeness (QED) is 0.865. The van der Waals surface area contributed by atoms with Crippen LogP contribution in [0.4, 0.5) is 0 Å². The van der Waals surface area contributed by atoms with Gasteiger partial charge in [0.1, 0.15) is 5.75 Å². The van der Waals surface area contributed by atoms with E-state index in [2.05, 4.69) is 22.6 Å². The first-order valence-corrected chi connectivity index (χ1v) is 9.36. The lowest BCUT2D eigenvalue weighted by Crippen LogP contribution is -2.39. The van der Waals surface area contributed by atoms with Crippen molar-refractivity contribution in [2.75, 3.05) is 33.0 Å². The van der Waals surface area contributed by atoms with Crippen molar-refractivity contribution in [3.05, 3.63) is 29.3 Å². The van der Waals surface area contributed by atoms with Crippen LogP contribution in [0.2, 0.25) is 0 Å². The van der Waals surface area contributed by atoms with E-state index >= 15 is 0 Å². The molecular weight excluding hydrogens is 300 g/mol. The lowest BCUT2D eigenvalue weighted by Gasteiger charge is -2.32. The van der Waals surface area contributed by atoms with Crippen molar-refractivity contribution < 1.29 is 13.2 Å². The number of sulfonamides is 1. The van der Waals surface area contributed by atoms with Gasteiger partial charge in [-0.2, -0.15) is 0 Å². The fourth-order valence-corrected chi connectivity index (χ4v) is 4.10. The number of rotatable bonds is 6. The van der Waals surface area contributed by atoms with Gasteiger partial charge in [-0.3, -0.25) is 4.90 Å². The van der Waals surface area contributed by atoms with Gasteiger partial charge in [0.25, 0.3) is 0 Å². The second-order valence-corrected chi connectivity index (χ2v) is 7.99. The van der Waals surface area contributed by atoms with E-state index in [-0.39, 0.29) is 11.7 Å². The summed E-state index contributed by atoms with van der Waals surface area (Å²) >= 11 is 0. The highest BCUT2D eigenvalue weighted by atomic mass is 32.2. The first-order chi connectivity index (χ1) is 10.4. The minimum atomic E-state index is -3.13. The molecule has 1 unspecified atom stereocenters. The van der Waals surface area contributed by atoms with Gasteiger partial charge in [-0.25, -0.2) is 13.1 Å². The predicted molar refractivity (Wildman–Crippen MR) is 88.6 cm³/mol. The molecule has 1 saturated heterocycles. The van der Waals surface area contributed by atoms with E-state index in [4.69, 9.17) is 4.74 Å². The molecule has 1 aliphatic heterocycles. The summed E-state index contributed by atoms with van der Waals surface area (Å²) in [6.45, 7) is 4.82. The zero-order valence-corrected chi connectivity index (χ0v) is 14.4. The maximum atomic E-state index is 11.7. The maximum Gasteiger partial charge on any atom is 0.211 e. The Kier molecular flexibility index (Phi) is 5.83. The van der Waals surface area contributed by atoms with E-state index in [1.54, 1.807) is 7.11 Å². The lowest BCUT2D eigenvalue weighted by atomic mass is 9.99. The Labute approximate surface area is 133 Å². The molecule has 0 aliphatic carbocycles. The minimum Gasteiger partial charge on any atom is -0.497 e. The molecule has 2 rings (SSSR count). The highest BCUT2D eigenvalue weighted by molar-refractivity contribution is 7.89. The van der Waals surface area contributed by atoms with Gasteiger partial charge < -0.3 is 4.74 Å². The fourth-order valence-electron chi connectivity index (χ4n) is 3.04. The van der Waals surface area contributed by atoms with E-state index in [1.165, 1.54) is 18.2 Å². The summed E-state index contributed by atoms with van der Waals surface area (Å²) in [7, 11) is 0.0295. The molecule has 1 fully saturated rings. The zero-order valence-electron chi connectivity index (χ0n) is 13.6. The number of hydrogen-bond acceptors (Lipinski definition) is 4. The molecule has 22 heavy (non-hydrogen) atoms. The van der Waals surface area contributed by atoms with E-state index < -0.39 is 10.0 Å². The molecule has 5 nitrogen and oxygen atoms in total. The number of piperidine rings is 1. The van der Waals surface area contributed by atoms with Crippen LogP contribution in [0.1, 0.15) is 24.0 Å². The van der Waals surface area contributed by atoms with Crippen LogP contribution in [-0.2, 0) is 16.6 Å². The molecule has 0 spiro atoms. The first kappa shape index (κ1) is 17.2. The second-order valence-electron chi connectivity index (χ2n) is 6.02. The third-order valence-corrected chi connectivity index (χ3v) is 5.85. The lowest BCUT2D eigenvalue weighted by molar-refractivity contribution is 0.177. The molecule has 0 aromatic heterocycles. The average molecular weight is 326 g/mol. The Hall–Kier alpha value is -1.11. The van der Waals surface area contributed by atoms with Crippen molar-refractivity contribution in [2.45, 2.75) is 26.3 Å². The molecule has 1 N–H and O–H groups in total. The number of aryl methyl sites for hydroxylation is 1. The van der Waals surface area contributed by atoms with Crippen LogP contribution < -0.4 is 9.46 Å². The van der Waals surface area contributed by atoms with Gasteiger partial charge in [0, 0.05) is 13.1 Å². The van der Waals surface area contributed by atoms with Crippen LogP contribution in [0.15, 0.2) is 18.2 Å². The molecule has 1 aromatic rings. The number of nitrogens with one attached hydrogen (secondary N) is 1. The molecular formula is C16H26N2O3S. The van der Waals surface area contributed by atoms with Gasteiger partial charge in [-0.05, 0) is 62.5 Å². The zero-order chi connectivity index (χ0) is 16.2. The summed E-state index contributed by atoms with van der Waals surface area (Å²) in [5.74, 6) is 1.31. The standard InChI is InChI=1S/C16H26N2O3S/c1-13-9-16(21-3)7-6-15(13)11-18-8-4-5-14(10-18)12-22(19,20)17-2/h6-7,9,14,17H,4-5,8,10-12H2,1-3H3. The van der Waals surface area contributed by atoms with Crippen LogP contribution >= 0.6 is 0 Å². The molecule has 0 amide bonds. The number of likely N-dealkylation sites (tertiary alicyclic amines) is 1. The van der Waals surface area contributed by atoms with Crippen molar-refractivity contribution >= 4 is 10.0 Å². The normalized spacial score (nSPS) is 20.0. The summed E-state index contributed by atoms with van der Waals surface area (Å²) in [6.07, 6.45) is 2.04. The summed E-state index contributed by atoms with van der Waals surface area (Å²) in [5, 5.41) is 0. The van der Waals surface area contributed by atoms with Crippen molar-refractivity contribution in [2.24, 2.45) is 5.92 Å². The number of hydrogen-bond donors (Lipinski definition) is 1. The number of benzene rings is 1. The molecule has 124 valence electrons. The van der Waals surface area contributed by atoms with E-state index in [1.807, 2.05) is 12.1 Å². The number of nitrogens with zero attached hydrogens (tertiary/aromatic N) is 1. The van der Waals surface area contributed by atoms with E-state index in [0.29, 0.717) is 0 Å². The Balaban J connectivity index is 1.98. The van der Waals surface area contributed by atoms with Gasteiger partial charge in [0.2, 0.25) is 10.0 Å². The molecule has 0 saturated carbocycles. The summed E-state index contributed by atoms with van der Waals surface area (Å²) in [5.41, 5.74) is 2.49. The average Bonchev–Trinajstić information content (AvgIpc) is 2.49. The molecule has 1 aliphatic rings. The van der Waals surface area contributed by atoms with Crippen molar-refractivity contribution in [1.29, 1.82) is 0 Å². The molecule has 1 atom stereocenters. The van der Waals surface area contributed by atoms with E-state index in [0.717, 1.165) is 38.2 Å². The Morgan fingerprint density at radius 2 is 2.18 bits per heavy atom. The summed E-state index contributed by atoms with van der Waals surface area (Å²) in [4.78, 5) is 2.36. The van der Waals surface area contributed by atoms with Crippen LogP contribution in [0, 0.1) is 12.8 Å². The third kappa shape index (κ3) is 4.69. The molecule has 0 bridgehead atoms. The topological polar surface area (TPSA) is 58.6 Å². The van der Waals surface area contributed by atoms with Crippen LogP contribution in [0.3, 0.4) is 0 Å². The van der Waals surface area contributed by atoms with Crippen molar-refractivity contribution in [3.8, 4) is 5.75 Å². The van der Waals surface area contributed by atoms with Gasteiger partial charge in [-0.1, -0.05) is 6.07 Å². The maximum absolute atomic E-state index is 11.7. The highest BCUT2D eigenvalue weighted by Gasteiger charge is 2.24. The highest BCUT2D eigenvalue weighted by Crippen LogP contribution is 2.23. The monoisotopic (exact) mass is 326 g/mol. The van der Waals surface area contributed by atoms with Crippen LogP contribution in [-0.4, -0.2) is 46.3 Å². The number of ether oxygens (including phenoxy) is 1. The molecule has 1 heterocycles. The first-order valence-electron chi connectivity index (χ1n) is 7.70. The van der Waals surface area contributed by atoms with Gasteiger partial charge >= 0.3 is 0 Å². The van der Waals surface area contributed by atoms with Gasteiger partial charge in [-0.15, -0.1) is 0 Å². The van der Waals surface area contributed by atoms with Crippen molar-refractivity contribution in [3.63, 3.8) is 0 Å². The fraction of sp³-hybridized carbons (Fsp3) is 0.625. The van der Waals surface area contributed by atoms with Crippen molar-refractivity contribution in [1.82, 2.24) is 9.62 Å². The van der Waals surface area contributed by atoms with E-state index in [9.17, 15) is 8.42 Å². The smallest absolute Gasteiger partial charge is 0.211 e. The summed E-state index contributed by atoms with van der Waals surface area (Å²) in [6, 6.07) is 6.12. The second kappa shape index (κ2) is 7.44. The Morgan fingerprint density at radius 3 is 2.82 bits per heavy atom. The molecule has 6 heteroatoms. The molecule has 1 aromatic carbocycles. The predicted octanol–water partition coefficient (Wildman–Crippen LogP) is 1.76. The largest absolute Gasteiger partial charge is 0.497 e. The SMILES string of the molecule is CNS(=O)(=O)CC1CCCN(Cc2ccc(OC)cc2C)C1. The van der Waals surface area contributed by atoms with Crippen LogP contribution in [0.25, 0.3) is 0 Å². The Bertz CT molecular complexity index is 601. The summed E-state index contributed by atoms with van der Waals surface area (Å²) < 4.78 is 31.1. The number of methoxy groups -OCH3 is 1. The van der Waals surface area contributed by atoms with Gasteiger partial charge in [0.15, 0.2) is 0 Å². The Morgan fingerprint density at radius 1 is 1.41 bits per heavy atom.